The van der Waals surface area contributed by atoms with E-state index in [1.165, 1.54) is 24.9 Å². The number of likely N-dealkylation sites (tertiary alicyclic amines) is 1. The van der Waals surface area contributed by atoms with Crippen LogP contribution in [0.25, 0.3) is 0 Å². The molecule has 3 heteroatoms. The Hall–Kier alpha value is -1.06. The minimum absolute atomic E-state index is 0.0819. The maximum absolute atomic E-state index is 6.38. The van der Waals surface area contributed by atoms with Gasteiger partial charge >= 0.3 is 0 Å². The van der Waals surface area contributed by atoms with Crippen molar-refractivity contribution < 1.29 is 4.74 Å². The summed E-state index contributed by atoms with van der Waals surface area (Å²) in [6, 6.07) is 8.95. The number of piperidine rings is 1. The molecule has 3 nitrogen and oxygen atoms in total. The first kappa shape index (κ1) is 15.3. The number of nitrogens with two attached hydrogens (primary N) is 1. The van der Waals surface area contributed by atoms with Gasteiger partial charge < -0.3 is 10.5 Å². The van der Waals surface area contributed by atoms with Crippen molar-refractivity contribution in [3.05, 3.63) is 29.8 Å². The molecular weight excluding hydrogens is 248 g/mol. The predicted octanol–water partition coefficient (Wildman–Crippen LogP) is 3.21. The summed E-state index contributed by atoms with van der Waals surface area (Å²) in [4.78, 5) is 2.54. The van der Waals surface area contributed by atoms with Crippen LogP contribution in [0.4, 0.5) is 0 Å². The van der Waals surface area contributed by atoms with E-state index in [9.17, 15) is 0 Å². The fraction of sp³-hybridized carbons (Fsp3) is 0.647. The lowest BCUT2D eigenvalue weighted by atomic mass is 9.94. The lowest BCUT2D eigenvalue weighted by molar-refractivity contribution is 0.117. The molecule has 1 saturated heterocycles. The van der Waals surface area contributed by atoms with Crippen LogP contribution in [0.2, 0.25) is 0 Å². The van der Waals surface area contributed by atoms with Gasteiger partial charge in [0.05, 0.1) is 6.61 Å². The zero-order valence-electron chi connectivity index (χ0n) is 13.0. The minimum Gasteiger partial charge on any atom is -0.494 e. The molecule has 0 saturated carbocycles. The molecule has 1 aromatic rings. The molecule has 0 amide bonds. The Morgan fingerprint density at radius 1 is 1.25 bits per heavy atom. The molecule has 1 heterocycles. The van der Waals surface area contributed by atoms with Crippen LogP contribution in [0, 0.1) is 5.92 Å². The Bertz CT molecular complexity index is 404. The highest BCUT2D eigenvalue weighted by molar-refractivity contribution is 5.29. The van der Waals surface area contributed by atoms with Gasteiger partial charge in [0.25, 0.3) is 0 Å². The molecule has 3 atom stereocenters. The van der Waals surface area contributed by atoms with E-state index in [0.29, 0.717) is 12.6 Å². The average Bonchev–Trinajstić information content (AvgIpc) is 2.44. The summed E-state index contributed by atoms with van der Waals surface area (Å²) in [7, 11) is 0. The number of rotatable bonds is 5. The van der Waals surface area contributed by atoms with Crippen molar-refractivity contribution in [3.63, 3.8) is 0 Å². The lowest BCUT2D eigenvalue weighted by Crippen LogP contribution is -2.44. The Morgan fingerprint density at radius 2 is 1.95 bits per heavy atom. The third-order valence-electron chi connectivity index (χ3n) is 4.30. The topological polar surface area (TPSA) is 38.5 Å². The first-order valence-corrected chi connectivity index (χ1v) is 7.82. The van der Waals surface area contributed by atoms with Crippen molar-refractivity contribution in [2.24, 2.45) is 11.7 Å². The van der Waals surface area contributed by atoms with Gasteiger partial charge in [0.15, 0.2) is 0 Å². The molecule has 112 valence electrons. The monoisotopic (exact) mass is 276 g/mol. The molecule has 1 fully saturated rings. The van der Waals surface area contributed by atoms with E-state index in [0.717, 1.165) is 18.2 Å². The van der Waals surface area contributed by atoms with Gasteiger partial charge in [-0.2, -0.15) is 0 Å². The molecule has 0 bridgehead atoms. The highest BCUT2D eigenvalue weighted by atomic mass is 16.5. The first-order valence-electron chi connectivity index (χ1n) is 7.82. The van der Waals surface area contributed by atoms with Gasteiger partial charge in [-0.05, 0) is 50.3 Å². The molecule has 0 aromatic heterocycles. The second-order valence-corrected chi connectivity index (χ2v) is 6.09. The van der Waals surface area contributed by atoms with Gasteiger partial charge in [0.1, 0.15) is 5.75 Å². The highest BCUT2D eigenvalue weighted by Gasteiger charge is 2.24. The number of hydrogen-bond acceptors (Lipinski definition) is 3. The van der Waals surface area contributed by atoms with Gasteiger partial charge in [0.2, 0.25) is 0 Å². The zero-order valence-corrected chi connectivity index (χ0v) is 13.0. The average molecular weight is 276 g/mol. The number of hydrogen-bond donors (Lipinski definition) is 1. The Labute approximate surface area is 123 Å². The summed E-state index contributed by atoms with van der Waals surface area (Å²) in [5.41, 5.74) is 7.57. The Balaban J connectivity index is 1.94. The van der Waals surface area contributed by atoms with Gasteiger partial charge in [0, 0.05) is 25.2 Å². The molecule has 1 aliphatic rings. The van der Waals surface area contributed by atoms with E-state index < -0.39 is 0 Å². The third-order valence-corrected chi connectivity index (χ3v) is 4.30. The molecule has 0 aliphatic carbocycles. The molecule has 20 heavy (non-hydrogen) atoms. The lowest BCUT2D eigenvalue weighted by Gasteiger charge is -2.38. The predicted molar refractivity (Wildman–Crippen MR) is 84.0 cm³/mol. The molecule has 0 spiro atoms. The number of ether oxygens (including phenoxy) is 1. The molecule has 0 radical (unpaired) electrons. The Morgan fingerprint density at radius 3 is 2.60 bits per heavy atom. The summed E-state index contributed by atoms with van der Waals surface area (Å²) < 4.78 is 5.47. The maximum atomic E-state index is 6.38. The highest BCUT2D eigenvalue weighted by Crippen LogP contribution is 2.24. The molecule has 1 aliphatic heterocycles. The standard InChI is InChI=1S/C17H28N2O/c1-4-20-16-9-7-15(8-10-16)17(18)12-19-11-13(2)5-6-14(19)3/h7-10,13-14,17H,4-6,11-12,18H2,1-3H3. The molecule has 2 N–H and O–H groups in total. The fourth-order valence-electron chi connectivity index (χ4n) is 2.97. The van der Waals surface area contributed by atoms with Crippen molar-refractivity contribution >= 4 is 0 Å². The number of benzene rings is 1. The summed E-state index contributed by atoms with van der Waals surface area (Å²) in [6.07, 6.45) is 2.63. The summed E-state index contributed by atoms with van der Waals surface area (Å²) in [5, 5.41) is 0. The van der Waals surface area contributed by atoms with Gasteiger partial charge in [-0.15, -0.1) is 0 Å². The molecular formula is C17H28N2O. The minimum atomic E-state index is 0.0819. The summed E-state index contributed by atoms with van der Waals surface area (Å²) in [6.45, 7) is 9.47. The fourth-order valence-corrected chi connectivity index (χ4v) is 2.97. The van der Waals surface area contributed by atoms with E-state index in [4.69, 9.17) is 10.5 Å². The second kappa shape index (κ2) is 7.09. The van der Waals surface area contributed by atoms with Crippen molar-refractivity contribution in [3.8, 4) is 5.75 Å². The van der Waals surface area contributed by atoms with Crippen LogP contribution in [0.3, 0.4) is 0 Å². The third kappa shape index (κ3) is 3.97. The van der Waals surface area contributed by atoms with Gasteiger partial charge in [-0.1, -0.05) is 19.1 Å². The van der Waals surface area contributed by atoms with E-state index in [2.05, 4.69) is 30.9 Å². The van der Waals surface area contributed by atoms with Crippen LogP contribution in [-0.2, 0) is 0 Å². The Kier molecular flexibility index (Phi) is 5.44. The van der Waals surface area contributed by atoms with Crippen LogP contribution in [-0.4, -0.2) is 30.6 Å². The SMILES string of the molecule is CCOc1ccc(C(N)CN2CC(C)CCC2C)cc1. The molecule has 2 rings (SSSR count). The van der Waals surface area contributed by atoms with Crippen LogP contribution in [0.1, 0.15) is 45.2 Å². The largest absolute Gasteiger partial charge is 0.494 e. The van der Waals surface area contributed by atoms with Crippen molar-refractivity contribution in [2.75, 3.05) is 19.7 Å². The van der Waals surface area contributed by atoms with Crippen molar-refractivity contribution in [1.29, 1.82) is 0 Å². The maximum Gasteiger partial charge on any atom is 0.119 e. The van der Waals surface area contributed by atoms with Crippen molar-refractivity contribution in [2.45, 2.75) is 45.7 Å². The van der Waals surface area contributed by atoms with Gasteiger partial charge in [-0.3, -0.25) is 4.90 Å². The summed E-state index contributed by atoms with van der Waals surface area (Å²) >= 11 is 0. The van der Waals surface area contributed by atoms with E-state index in [1.54, 1.807) is 0 Å². The van der Waals surface area contributed by atoms with E-state index in [-0.39, 0.29) is 6.04 Å². The summed E-state index contributed by atoms with van der Waals surface area (Å²) in [5.74, 6) is 1.71. The smallest absolute Gasteiger partial charge is 0.119 e. The zero-order chi connectivity index (χ0) is 14.5. The van der Waals surface area contributed by atoms with Crippen LogP contribution < -0.4 is 10.5 Å². The second-order valence-electron chi connectivity index (χ2n) is 6.09. The van der Waals surface area contributed by atoms with E-state index >= 15 is 0 Å². The molecule has 3 unspecified atom stereocenters. The number of nitrogens with zero attached hydrogens (tertiary/aromatic N) is 1. The van der Waals surface area contributed by atoms with Gasteiger partial charge in [-0.25, -0.2) is 0 Å². The first-order chi connectivity index (χ1) is 9.60. The van der Waals surface area contributed by atoms with E-state index in [1.807, 2.05) is 19.1 Å². The van der Waals surface area contributed by atoms with Crippen LogP contribution >= 0.6 is 0 Å². The normalized spacial score (nSPS) is 25.4. The molecule has 1 aromatic carbocycles. The van der Waals surface area contributed by atoms with Crippen molar-refractivity contribution in [1.82, 2.24) is 4.90 Å². The van der Waals surface area contributed by atoms with Crippen LogP contribution in [0.5, 0.6) is 5.75 Å². The van der Waals surface area contributed by atoms with Crippen LogP contribution in [0.15, 0.2) is 24.3 Å². The quantitative estimate of drug-likeness (QED) is 0.897.